The van der Waals surface area contributed by atoms with Crippen LogP contribution < -0.4 is 4.74 Å². The van der Waals surface area contributed by atoms with Crippen molar-refractivity contribution in [3.63, 3.8) is 0 Å². The molecule has 8 heteroatoms. The summed E-state index contributed by atoms with van der Waals surface area (Å²) in [7, 11) is 0. The van der Waals surface area contributed by atoms with Crippen molar-refractivity contribution >= 4 is 10.9 Å². The number of hydrogen-bond donors (Lipinski definition) is 1. The van der Waals surface area contributed by atoms with Gasteiger partial charge in [0.2, 0.25) is 0 Å². The molecular weight excluding hydrogens is 494 g/mol. The number of alkyl halides is 2. The van der Waals surface area contributed by atoms with E-state index in [1.807, 2.05) is 36.1 Å². The summed E-state index contributed by atoms with van der Waals surface area (Å²) < 4.78 is 65.2. The van der Waals surface area contributed by atoms with Crippen LogP contribution in [0.3, 0.4) is 0 Å². The Bertz CT molecular complexity index is 1300. The van der Waals surface area contributed by atoms with E-state index in [0.29, 0.717) is 31.2 Å². The SMILES string of the molecule is C[C@@H]1Cc2c([nH]c3ccccc23)[C@@H](c2c(F)cc(OC3CN(C4CC(CF)C4)C3)cc2F)N1CC(C)(C)F. The molecule has 1 N–H and O–H groups in total. The third-order valence-electron chi connectivity index (χ3n) is 8.53. The van der Waals surface area contributed by atoms with E-state index in [4.69, 9.17) is 4.74 Å². The maximum atomic E-state index is 15.8. The molecule has 0 bridgehead atoms. The predicted octanol–water partition coefficient (Wildman–Crippen LogP) is 6.34. The molecule has 1 aromatic heterocycles. The molecule has 4 nitrogen and oxygen atoms in total. The number of hydrogen-bond acceptors (Lipinski definition) is 3. The Morgan fingerprint density at radius 3 is 2.42 bits per heavy atom. The number of nitrogens with zero attached hydrogens (tertiary/aromatic N) is 2. The average molecular weight is 530 g/mol. The molecule has 0 unspecified atom stereocenters. The molecule has 2 aromatic carbocycles. The number of ether oxygens (including phenoxy) is 1. The van der Waals surface area contributed by atoms with Crippen LogP contribution in [0.1, 0.15) is 56.5 Å². The fraction of sp³-hybridized carbons (Fsp3) is 0.533. The number of aromatic nitrogens is 1. The van der Waals surface area contributed by atoms with Crippen LogP contribution in [0.5, 0.6) is 5.75 Å². The van der Waals surface area contributed by atoms with E-state index < -0.39 is 23.3 Å². The summed E-state index contributed by atoms with van der Waals surface area (Å²) in [6.45, 7) is 6.08. The van der Waals surface area contributed by atoms with Crippen molar-refractivity contribution in [3.8, 4) is 5.75 Å². The van der Waals surface area contributed by atoms with Gasteiger partial charge in [-0.15, -0.1) is 0 Å². The number of fused-ring (bicyclic) bond motifs is 3. The van der Waals surface area contributed by atoms with Gasteiger partial charge in [0.25, 0.3) is 0 Å². The smallest absolute Gasteiger partial charge is 0.135 e. The lowest BCUT2D eigenvalue weighted by Crippen LogP contribution is -2.61. The molecule has 2 fully saturated rings. The van der Waals surface area contributed by atoms with Gasteiger partial charge in [-0.3, -0.25) is 14.2 Å². The lowest BCUT2D eigenvalue weighted by Gasteiger charge is -2.49. The summed E-state index contributed by atoms with van der Waals surface area (Å²) in [5.74, 6) is -1.09. The summed E-state index contributed by atoms with van der Waals surface area (Å²) in [5.41, 5.74) is 0.985. The van der Waals surface area contributed by atoms with Crippen LogP contribution in [-0.2, 0) is 6.42 Å². The summed E-state index contributed by atoms with van der Waals surface area (Å²) in [4.78, 5) is 7.51. The monoisotopic (exact) mass is 529 g/mol. The van der Waals surface area contributed by atoms with Crippen molar-refractivity contribution < 1.29 is 22.3 Å². The van der Waals surface area contributed by atoms with Crippen LogP contribution in [0.2, 0.25) is 0 Å². The zero-order valence-corrected chi connectivity index (χ0v) is 22.1. The summed E-state index contributed by atoms with van der Waals surface area (Å²) >= 11 is 0. The van der Waals surface area contributed by atoms with Crippen molar-refractivity contribution in [1.82, 2.24) is 14.8 Å². The second-order valence-corrected chi connectivity index (χ2v) is 12.0. The molecule has 0 radical (unpaired) electrons. The first-order chi connectivity index (χ1) is 18.1. The normalized spacial score (nSPS) is 26.7. The van der Waals surface area contributed by atoms with E-state index in [2.05, 4.69) is 9.88 Å². The Hall–Kier alpha value is -2.58. The van der Waals surface area contributed by atoms with Crippen molar-refractivity contribution in [1.29, 1.82) is 0 Å². The van der Waals surface area contributed by atoms with Crippen LogP contribution in [0, 0.1) is 17.6 Å². The molecule has 3 aromatic rings. The minimum Gasteiger partial charge on any atom is -0.488 e. The number of aromatic amines is 1. The molecule has 2 aliphatic heterocycles. The lowest BCUT2D eigenvalue weighted by atomic mass is 9.79. The van der Waals surface area contributed by atoms with E-state index in [1.165, 1.54) is 26.0 Å². The van der Waals surface area contributed by atoms with Gasteiger partial charge in [-0.2, -0.15) is 0 Å². The average Bonchev–Trinajstić information content (AvgIpc) is 3.15. The fourth-order valence-corrected chi connectivity index (χ4v) is 6.55. The minimum absolute atomic E-state index is 0.0348. The Kier molecular flexibility index (Phi) is 6.46. The second-order valence-electron chi connectivity index (χ2n) is 12.0. The van der Waals surface area contributed by atoms with Gasteiger partial charge >= 0.3 is 0 Å². The number of rotatable bonds is 7. The van der Waals surface area contributed by atoms with Gasteiger partial charge in [0.05, 0.1) is 12.7 Å². The van der Waals surface area contributed by atoms with E-state index in [-0.39, 0.29) is 42.6 Å². The lowest BCUT2D eigenvalue weighted by molar-refractivity contribution is -0.0501. The van der Waals surface area contributed by atoms with Gasteiger partial charge in [-0.05, 0) is 57.6 Å². The number of benzene rings is 2. The third-order valence-corrected chi connectivity index (χ3v) is 8.53. The Balaban J connectivity index is 1.29. The molecular formula is C30H35F4N3O. The molecule has 0 amide bonds. The van der Waals surface area contributed by atoms with Gasteiger partial charge in [-0.1, -0.05) is 18.2 Å². The van der Waals surface area contributed by atoms with Crippen molar-refractivity contribution in [2.45, 2.75) is 69.9 Å². The molecule has 1 saturated heterocycles. The van der Waals surface area contributed by atoms with E-state index in [0.717, 1.165) is 29.3 Å². The number of likely N-dealkylation sites (tertiary alicyclic amines) is 1. The number of halogens is 4. The molecule has 204 valence electrons. The molecule has 1 aliphatic carbocycles. The first-order valence-electron chi connectivity index (χ1n) is 13.6. The fourth-order valence-electron chi connectivity index (χ4n) is 6.55. The first kappa shape index (κ1) is 25.7. The molecule has 6 rings (SSSR count). The molecule has 3 aliphatic rings. The molecule has 38 heavy (non-hydrogen) atoms. The molecule has 3 heterocycles. The van der Waals surface area contributed by atoms with E-state index >= 15 is 8.78 Å². The Morgan fingerprint density at radius 2 is 1.76 bits per heavy atom. The number of nitrogens with one attached hydrogen (secondary N) is 1. The minimum atomic E-state index is -1.55. The molecule has 1 saturated carbocycles. The Morgan fingerprint density at radius 1 is 1.08 bits per heavy atom. The third kappa shape index (κ3) is 4.60. The zero-order chi connectivity index (χ0) is 26.8. The van der Waals surface area contributed by atoms with Crippen LogP contribution in [0.15, 0.2) is 36.4 Å². The highest BCUT2D eigenvalue weighted by Crippen LogP contribution is 2.44. The summed E-state index contributed by atoms with van der Waals surface area (Å²) in [6.07, 6.45) is 2.23. The van der Waals surface area contributed by atoms with E-state index in [9.17, 15) is 8.78 Å². The van der Waals surface area contributed by atoms with Crippen molar-refractivity contribution in [3.05, 3.63) is 64.9 Å². The topological polar surface area (TPSA) is 31.5 Å². The number of para-hydroxylation sites is 1. The quantitative estimate of drug-likeness (QED) is 0.363. The zero-order valence-electron chi connectivity index (χ0n) is 22.1. The van der Waals surface area contributed by atoms with Gasteiger partial charge in [0.1, 0.15) is 29.2 Å². The molecule has 0 spiro atoms. The Labute approximate surface area is 220 Å². The largest absolute Gasteiger partial charge is 0.488 e. The van der Waals surface area contributed by atoms with E-state index in [1.54, 1.807) is 0 Å². The van der Waals surface area contributed by atoms with Crippen LogP contribution in [0.25, 0.3) is 10.9 Å². The summed E-state index contributed by atoms with van der Waals surface area (Å²) in [6, 6.07) is 9.80. The standard InChI is InChI=1S/C30H35F4N3O/c1-17-8-23-22-6-4-5-7-26(22)35-28(23)29(37(17)16-30(2,3)34)27-24(32)11-20(12-25(27)33)38-21-14-36(15-21)19-9-18(10-19)13-31/h4-7,11-12,17-19,21,29,35H,8-10,13-16H2,1-3H3/t17-,18?,19?,29-/m1/s1. The maximum absolute atomic E-state index is 15.8. The highest BCUT2D eigenvalue weighted by molar-refractivity contribution is 5.85. The van der Waals surface area contributed by atoms with Crippen LogP contribution in [0.4, 0.5) is 17.6 Å². The summed E-state index contributed by atoms with van der Waals surface area (Å²) in [5, 5.41) is 1.03. The molecule has 2 atom stereocenters. The highest BCUT2D eigenvalue weighted by Gasteiger charge is 2.42. The second kappa shape index (κ2) is 9.56. The van der Waals surface area contributed by atoms with Gasteiger partial charge in [0.15, 0.2) is 0 Å². The number of H-pyrrole nitrogens is 1. The maximum Gasteiger partial charge on any atom is 0.135 e. The van der Waals surface area contributed by atoms with Crippen LogP contribution >= 0.6 is 0 Å². The van der Waals surface area contributed by atoms with Gasteiger partial charge in [-0.25, -0.2) is 13.2 Å². The predicted molar refractivity (Wildman–Crippen MR) is 140 cm³/mol. The van der Waals surface area contributed by atoms with Crippen LogP contribution in [-0.4, -0.2) is 64.9 Å². The highest BCUT2D eigenvalue weighted by atomic mass is 19.1. The first-order valence-corrected chi connectivity index (χ1v) is 13.6. The van der Waals surface area contributed by atoms with Gasteiger partial charge < -0.3 is 9.72 Å². The van der Waals surface area contributed by atoms with Crippen molar-refractivity contribution in [2.75, 3.05) is 26.3 Å². The van der Waals surface area contributed by atoms with Crippen molar-refractivity contribution in [2.24, 2.45) is 5.92 Å². The van der Waals surface area contributed by atoms with Gasteiger partial charge in [0, 0.05) is 66.0 Å².